The van der Waals surface area contributed by atoms with E-state index in [1.807, 2.05) is 0 Å². The summed E-state index contributed by atoms with van der Waals surface area (Å²) in [5.74, 6) is -0.184. The van der Waals surface area contributed by atoms with Crippen LogP contribution in [0.5, 0.6) is 0 Å². The van der Waals surface area contributed by atoms with Crippen LogP contribution in [-0.4, -0.2) is 12.3 Å². The Morgan fingerprint density at radius 1 is 1.42 bits per heavy atom. The molecule has 0 aliphatic rings. The number of Topliss-reactive ketones (excluding diaryl/α,β-unsaturated/α-hetero) is 1. The smallest absolute Gasteiger partial charge is 0.177 e. The molecule has 0 saturated carbocycles. The van der Waals surface area contributed by atoms with Gasteiger partial charge in [0.05, 0.1) is 11.6 Å². The Bertz CT molecular complexity index is 312. The second-order valence-electron chi connectivity index (χ2n) is 2.25. The Balaban J connectivity index is 3.09. The van der Waals surface area contributed by atoms with Gasteiger partial charge in [0.1, 0.15) is 0 Å². The molecular formula is C8H7Cl2NO. The van der Waals surface area contributed by atoms with Crippen molar-refractivity contribution in [3.05, 3.63) is 33.8 Å². The lowest BCUT2D eigenvalue weighted by Gasteiger charge is -2.00. The van der Waals surface area contributed by atoms with Gasteiger partial charge >= 0.3 is 0 Å². The van der Waals surface area contributed by atoms with Crippen LogP contribution in [-0.2, 0) is 0 Å². The molecule has 0 spiro atoms. The van der Waals surface area contributed by atoms with Gasteiger partial charge in [-0.2, -0.15) is 0 Å². The topological polar surface area (TPSA) is 43.1 Å². The Hall–Kier alpha value is -0.570. The summed E-state index contributed by atoms with van der Waals surface area (Å²) >= 11 is 11.4. The third kappa shape index (κ3) is 1.97. The normalized spacial score (nSPS) is 9.92. The summed E-state index contributed by atoms with van der Waals surface area (Å²) in [7, 11) is 0. The number of benzene rings is 1. The van der Waals surface area contributed by atoms with E-state index in [0.29, 0.717) is 15.6 Å². The highest BCUT2D eigenvalue weighted by molar-refractivity contribution is 6.36. The lowest BCUT2D eigenvalue weighted by molar-refractivity contribution is 0.100. The summed E-state index contributed by atoms with van der Waals surface area (Å²) < 4.78 is 0. The molecule has 0 aliphatic carbocycles. The van der Waals surface area contributed by atoms with Crippen LogP contribution < -0.4 is 5.73 Å². The summed E-state index contributed by atoms with van der Waals surface area (Å²) in [6, 6.07) is 4.70. The van der Waals surface area contributed by atoms with E-state index >= 15 is 0 Å². The molecule has 0 unspecified atom stereocenters. The summed E-state index contributed by atoms with van der Waals surface area (Å²) in [5, 5.41) is 0.853. The molecule has 4 heteroatoms. The molecule has 0 fully saturated rings. The highest BCUT2D eigenvalue weighted by Crippen LogP contribution is 2.20. The third-order valence-electron chi connectivity index (χ3n) is 1.42. The quantitative estimate of drug-likeness (QED) is 0.749. The van der Waals surface area contributed by atoms with Crippen molar-refractivity contribution >= 4 is 29.0 Å². The van der Waals surface area contributed by atoms with E-state index in [-0.39, 0.29) is 12.3 Å². The molecule has 0 amide bonds. The molecule has 12 heavy (non-hydrogen) atoms. The van der Waals surface area contributed by atoms with Gasteiger partial charge in [-0.3, -0.25) is 4.79 Å². The first-order valence-corrected chi connectivity index (χ1v) is 4.09. The van der Waals surface area contributed by atoms with Crippen molar-refractivity contribution in [1.82, 2.24) is 0 Å². The van der Waals surface area contributed by atoms with E-state index < -0.39 is 0 Å². The van der Waals surface area contributed by atoms with Crippen LogP contribution in [0, 0.1) is 0 Å². The van der Waals surface area contributed by atoms with Crippen molar-refractivity contribution < 1.29 is 4.79 Å². The third-order valence-corrected chi connectivity index (χ3v) is 1.96. The van der Waals surface area contributed by atoms with Crippen LogP contribution in [0.15, 0.2) is 18.2 Å². The van der Waals surface area contributed by atoms with Gasteiger partial charge in [0.15, 0.2) is 5.78 Å². The fourth-order valence-corrected chi connectivity index (χ4v) is 1.34. The minimum Gasteiger partial charge on any atom is -0.324 e. The average Bonchev–Trinajstić information content (AvgIpc) is 2.03. The summed E-state index contributed by atoms with van der Waals surface area (Å²) in [6.07, 6.45) is 0. The Labute approximate surface area is 80.3 Å². The molecule has 1 rings (SSSR count). The van der Waals surface area contributed by atoms with Gasteiger partial charge in [-0.1, -0.05) is 23.2 Å². The lowest BCUT2D eigenvalue weighted by atomic mass is 10.1. The number of carbonyl (C=O) groups excluding carboxylic acids is 1. The number of hydrogen-bond donors (Lipinski definition) is 1. The van der Waals surface area contributed by atoms with Gasteiger partial charge in [0.25, 0.3) is 0 Å². The van der Waals surface area contributed by atoms with Crippen LogP contribution in [0.4, 0.5) is 0 Å². The number of nitrogens with two attached hydrogens (primary N) is 1. The van der Waals surface area contributed by atoms with Gasteiger partial charge in [0.2, 0.25) is 0 Å². The molecule has 0 heterocycles. The molecule has 0 aliphatic heterocycles. The van der Waals surface area contributed by atoms with E-state index in [0.717, 1.165) is 0 Å². The van der Waals surface area contributed by atoms with Crippen molar-refractivity contribution in [3.8, 4) is 0 Å². The Kier molecular flexibility index (Phi) is 3.09. The van der Waals surface area contributed by atoms with Crippen molar-refractivity contribution in [1.29, 1.82) is 0 Å². The molecule has 0 bridgehead atoms. The second kappa shape index (κ2) is 3.90. The molecule has 1 aromatic carbocycles. The van der Waals surface area contributed by atoms with Crippen LogP contribution >= 0.6 is 23.2 Å². The van der Waals surface area contributed by atoms with E-state index in [9.17, 15) is 4.79 Å². The van der Waals surface area contributed by atoms with Crippen LogP contribution in [0.2, 0.25) is 10.0 Å². The number of hydrogen-bond acceptors (Lipinski definition) is 2. The van der Waals surface area contributed by atoms with Crippen LogP contribution in [0.1, 0.15) is 10.4 Å². The molecule has 0 radical (unpaired) electrons. The summed E-state index contributed by atoms with van der Waals surface area (Å²) in [5.41, 5.74) is 5.59. The number of halogens is 2. The first kappa shape index (κ1) is 9.52. The first-order chi connectivity index (χ1) is 5.65. The van der Waals surface area contributed by atoms with Gasteiger partial charge in [-0.05, 0) is 18.2 Å². The maximum absolute atomic E-state index is 11.1. The van der Waals surface area contributed by atoms with Gasteiger partial charge in [-0.15, -0.1) is 0 Å². The Morgan fingerprint density at radius 3 is 2.58 bits per heavy atom. The van der Waals surface area contributed by atoms with Crippen LogP contribution in [0.3, 0.4) is 0 Å². The maximum atomic E-state index is 11.1. The van der Waals surface area contributed by atoms with E-state index in [1.165, 1.54) is 6.07 Å². The maximum Gasteiger partial charge on any atom is 0.177 e. The van der Waals surface area contributed by atoms with Gasteiger partial charge in [-0.25, -0.2) is 0 Å². The van der Waals surface area contributed by atoms with Crippen molar-refractivity contribution in [2.45, 2.75) is 0 Å². The standard InChI is InChI=1S/C8H7Cl2NO/c9-5-1-2-6(7(10)3-5)8(12)4-11/h1-3H,4,11H2. The highest BCUT2D eigenvalue weighted by atomic mass is 35.5. The fraction of sp³-hybridized carbons (Fsp3) is 0.125. The van der Waals surface area contributed by atoms with E-state index in [4.69, 9.17) is 28.9 Å². The second-order valence-corrected chi connectivity index (χ2v) is 3.10. The molecule has 2 nitrogen and oxygen atoms in total. The zero-order chi connectivity index (χ0) is 9.14. The van der Waals surface area contributed by atoms with E-state index in [1.54, 1.807) is 12.1 Å². The SMILES string of the molecule is NCC(=O)c1ccc(Cl)cc1Cl. The fourth-order valence-electron chi connectivity index (χ4n) is 0.826. The lowest BCUT2D eigenvalue weighted by Crippen LogP contribution is -2.13. The predicted octanol–water partition coefficient (Wildman–Crippen LogP) is 2.13. The van der Waals surface area contributed by atoms with Crippen molar-refractivity contribution in [3.63, 3.8) is 0 Å². The Morgan fingerprint density at radius 2 is 2.08 bits per heavy atom. The molecule has 64 valence electrons. The molecule has 1 aromatic rings. The number of carbonyl (C=O) groups is 1. The van der Waals surface area contributed by atoms with Gasteiger partial charge < -0.3 is 5.73 Å². The van der Waals surface area contributed by atoms with Crippen LogP contribution in [0.25, 0.3) is 0 Å². The molecule has 2 N–H and O–H groups in total. The first-order valence-electron chi connectivity index (χ1n) is 3.33. The number of ketones is 1. The molecule has 0 saturated heterocycles. The van der Waals surface area contributed by atoms with Crippen molar-refractivity contribution in [2.24, 2.45) is 5.73 Å². The monoisotopic (exact) mass is 203 g/mol. The largest absolute Gasteiger partial charge is 0.324 e. The predicted molar refractivity (Wildman–Crippen MR) is 49.8 cm³/mol. The van der Waals surface area contributed by atoms with E-state index in [2.05, 4.69) is 0 Å². The minimum atomic E-state index is -0.184. The zero-order valence-corrected chi connectivity index (χ0v) is 7.69. The van der Waals surface area contributed by atoms with Crippen molar-refractivity contribution in [2.75, 3.05) is 6.54 Å². The molecule has 0 atom stereocenters. The minimum absolute atomic E-state index is 0.0403. The zero-order valence-electron chi connectivity index (χ0n) is 6.18. The highest BCUT2D eigenvalue weighted by Gasteiger charge is 2.07. The van der Waals surface area contributed by atoms with Gasteiger partial charge in [0, 0.05) is 10.6 Å². The summed E-state index contributed by atoms with van der Waals surface area (Å²) in [4.78, 5) is 11.1. The molecular weight excluding hydrogens is 197 g/mol. The average molecular weight is 204 g/mol. The number of rotatable bonds is 2. The summed E-state index contributed by atoms with van der Waals surface area (Å²) in [6.45, 7) is -0.0403. The molecule has 0 aromatic heterocycles.